The molecule has 1 aromatic heterocycles. The molecular weight excluding hydrogens is 435 g/mol. The fourth-order valence-corrected chi connectivity index (χ4v) is 4.77. The largest absolute Gasteiger partial charge is 0.290 e. The van der Waals surface area contributed by atoms with Crippen molar-refractivity contribution in [3.8, 4) is 0 Å². The van der Waals surface area contributed by atoms with Crippen molar-refractivity contribution in [3.05, 3.63) is 76.0 Å². The fourth-order valence-electron chi connectivity index (χ4n) is 4.77. The van der Waals surface area contributed by atoms with Gasteiger partial charge in [-0.15, -0.1) is 0 Å². The van der Waals surface area contributed by atoms with Gasteiger partial charge < -0.3 is 0 Å². The topological polar surface area (TPSA) is 93.1 Å². The Bertz CT molecular complexity index is 1260. The summed E-state index contributed by atoms with van der Waals surface area (Å²) in [6.07, 6.45) is 5.54. The number of unbranched alkanes of at least 4 members (excludes halogenated alkanes) is 2. The predicted octanol–water partition coefficient (Wildman–Crippen LogP) is 4.00. The molecule has 0 aliphatic heterocycles. The maximum absolute atomic E-state index is 13.9. The van der Waals surface area contributed by atoms with E-state index in [1.165, 1.54) is 16.8 Å². The van der Waals surface area contributed by atoms with Crippen molar-refractivity contribution in [2.24, 2.45) is 0 Å². The van der Waals surface area contributed by atoms with Crippen LogP contribution in [0.5, 0.6) is 0 Å². The smallest absolute Gasteiger partial charge is 0.272 e. The molecule has 1 aliphatic rings. The van der Waals surface area contributed by atoms with Gasteiger partial charge >= 0.3 is 0 Å². The summed E-state index contributed by atoms with van der Waals surface area (Å²) in [6, 6.07) is 12.9. The van der Waals surface area contributed by atoms with E-state index in [2.05, 4.69) is 22.9 Å². The Morgan fingerprint density at radius 3 is 2.47 bits per heavy atom. The molecule has 1 saturated carbocycles. The molecule has 7 nitrogen and oxygen atoms in total. The number of aryl methyl sites for hydroxylation is 1. The van der Waals surface area contributed by atoms with Gasteiger partial charge in [-0.3, -0.25) is 25.2 Å². The lowest BCUT2D eigenvalue weighted by Gasteiger charge is -2.28. The van der Waals surface area contributed by atoms with Crippen LogP contribution in [0.4, 0.5) is 4.39 Å². The number of hydrogen-bond acceptors (Lipinski definition) is 4. The number of carbonyl (C=O) groups excluding carboxylic acids is 2. The SMILES string of the molecule is CCCCCn1nc(C(=O)NNC(=O)C2(c3cccc(F)c3)CCCC2)c2ccccc2c1=O. The number of fused-ring (bicyclic) bond motifs is 1. The number of nitrogens with one attached hydrogen (secondary N) is 2. The average Bonchev–Trinajstić information content (AvgIpc) is 3.35. The highest BCUT2D eigenvalue weighted by Crippen LogP contribution is 2.41. The van der Waals surface area contributed by atoms with Gasteiger partial charge in [0.05, 0.1) is 10.8 Å². The fraction of sp³-hybridized carbons (Fsp3) is 0.385. The van der Waals surface area contributed by atoms with Crippen molar-refractivity contribution in [1.82, 2.24) is 20.6 Å². The van der Waals surface area contributed by atoms with Crippen molar-refractivity contribution in [1.29, 1.82) is 0 Å². The van der Waals surface area contributed by atoms with E-state index >= 15 is 0 Å². The quantitative estimate of drug-likeness (QED) is 0.408. The molecule has 0 atom stereocenters. The number of nitrogens with zero attached hydrogens (tertiary/aromatic N) is 2. The third kappa shape index (κ3) is 4.58. The number of aromatic nitrogens is 2. The minimum Gasteiger partial charge on any atom is -0.272 e. The van der Waals surface area contributed by atoms with Crippen LogP contribution in [0.3, 0.4) is 0 Å². The number of halogens is 1. The lowest BCUT2D eigenvalue weighted by molar-refractivity contribution is -0.127. The summed E-state index contributed by atoms with van der Waals surface area (Å²) in [5.74, 6) is -1.40. The third-order valence-corrected chi connectivity index (χ3v) is 6.61. The summed E-state index contributed by atoms with van der Waals surface area (Å²) >= 11 is 0. The van der Waals surface area contributed by atoms with Gasteiger partial charge in [-0.2, -0.15) is 5.10 Å². The van der Waals surface area contributed by atoms with E-state index in [9.17, 15) is 18.8 Å². The number of benzene rings is 2. The van der Waals surface area contributed by atoms with Gasteiger partial charge in [0.1, 0.15) is 5.82 Å². The molecule has 8 heteroatoms. The van der Waals surface area contributed by atoms with Crippen LogP contribution in [0.2, 0.25) is 0 Å². The molecule has 34 heavy (non-hydrogen) atoms. The van der Waals surface area contributed by atoms with Gasteiger partial charge in [0.2, 0.25) is 5.91 Å². The van der Waals surface area contributed by atoms with Crippen LogP contribution >= 0.6 is 0 Å². The summed E-state index contributed by atoms with van der Waals surface area (Å²) in [5.41, 5.74) is 4.55. The third-order valence-electron chi connectivity index (χ3n) is 6.61. The van der Waals surface area contributed by atoms with Crippen molar-refractivity contribution >= 4 is 22.6 Å². The number of rotatable bonds is 7. The Labute approximate surface area is 197 Å². The summed E-state index contributed by atoms with van der Waals surface area (Å²) in [5, 5.41) is 5.15. The Morgan fingerprint density at radius 1 is 1.03 bits per heavy atom. The summed E-state index contributed by atoms with van der Waals surface area (Å²) in [4.78, 5) is 39.2. The summed E-state index contributed by atoms with van der Waals surface area (Å²) in [6.45, 7) is 2.48. The van der Waals surface area contributed by atoms with E-state index in [1.54, 1.807) is 36.4 Å². The van der Waals surface area contributed by atoms with Crippen LogP contribution < -0.4 is 16.4 Å². The molecular formula is C26H29FN4O3. The summed E-state index contributed by atoms with van der Waals surface area (Å²) < 4.78 is 15.2. The van der Waals surface area contributed by atoms with E-state index < -0.39 is 17.1 Å². The molecule has 4 rings (SSSR count). The Kier molecular flexibility index (Phi) is 7.05. The van der Waals surface area contributed by atoms with E-state index in [-0.39, 0.29) is 17.2 Å². The predicted molar refractivity (Wildman–Crippen MR) is 128 cm³/mol. The normalized spacial score (nSPS) is 14.8. The first-order valence-electron chi connectivity index (χ1n) is 11.8. The molecule has 2 N–H and O–H groups in total. The first-order valence-corrected chi connectivity index (χ1v) is 11.8. The molecule has 3 aromatic rings. The van der Waals surface area contributed by atoms with Gasteiger partial charge in [0.25, 0.3) is 11.5 Å². The van der Waals surface area contributed by atoms with E-state index in [4.69, 9.17) is 0 Å². The van der Waals surface area contributed by atoms with Crippen LogP contribution in [0, 0.1) is 5.82 Å². The minimum atomic E-state index is -0.899. The molecule has 1 heterocycles. The molecule has 0 saturated heterocycles. The second-order valence-electron chi connectivity index (χ2n) is 8.84. The van der Waals surface area contributed by atoms with Gasteiger partial charge in [0.15, 0.2) is 5.69 Å². The zero-order chi connectivity index (χ0) is 24.1. The van der Waals surface area contributed by atoms with Gasteiger partial charge in [-0.1, -0.05) is 62.9 Å². The number of hydrazine groups is 1. The molecule has 178 valence electrons. The zero-order valence-corrected chi connectivity index (χ0v) is 19.3. The maximum Gasteiger partial charge on any atom is 0.290 e. The van der Waals surface area contributed by atoms with E-state index in [0.717, 1.165) is 32.1 Å². The highest BCUT2D eigenvalue weighted by Gasteiger charge is 2.43. The summed E-state index contributed by atoms with van der Waals surface area (Å²) in [7, 11) is 0. The van der Waals surface area contributed by atoms with Crippen LogP contribution in [0.1, 0.15) is 67.9 Å². The Morgan fingerprint density at radius 2 is 1.76 bits per heavy atom. The van der Waals surface area contributed by atoms with Crippen molar-refractivity contribution in [2.45, 2.75) is 63.8 Å². The first kappa shape index (κ1) is 23.6. The molecule has 0 radical (unpaired) electrons. The first-order chi connectivity index (χ1) is 16.5. The Balaban J connectivity index is 1.59. The second kappa shape index (κ2) is 10.2. The molecule has 0 spiro atoms. The highest BCUT2D eigenvalue weighted by atomic mass is 19.1. The van der Waals surface area contributed by atoms with Crippen molar-refractivity contribution < 1.29 is 14.0 Å². The number of carbonyl (C=O) groups is 2. The van der Waals surface area contributed by atoms with E-state index in [0.29, 0.717) is 35.7 Å². The zero-order valence-electron chi connectivity index (χ0n) is 19.3. The van der Waals surface area contributed by atoms with Crippen molar-refractivity contribution in [3.63, 3.8) is 0 Å². The van der Waals surface area contributed by atoms with Crippen LogP contribution in [-0.2, 0) is 16.8 Å². The molecule has 2 aromatic carbocycles. The standard InChI is InChI=1S/C26H29FN4O3/c1-2-3-8-16-31-24(33)21-13-5-4-12-20(21)22(30-31)23(32)28-29-25(34)26(14-6-7-15-26)18-10-9-11-19(27)17-18/h4-5,9-13,17H,2-3,6-8,14-16H2,1H3,(H,28,32)(H,29,34). The lowest BCUT2D eigenvalue weighted by atomic mass is 9.78. The lowest BCUT2D eigenvalue weighted by Crippen LogP contribution is -2.51. The molecule has 0 unspecified atom stereocenters. The average molecular weight is 465 g/mol. The number of hydrogen-bond donors (Lipinski definition) is 2. The van der Waals surface area contributed by atoms with Gasteiger partial charge in [-0.25, -0.2) is 9.07 Å². The monoisotopic (exact) mass is 464 g/mol. The molecule has 0 bridgehead atoms. The van der Waals surface area contributed by atoms with Crippen LogP contribution in [0.25, 0.3) is 10.8 Å². The molecule has 2 amide bonds. The van der Waals surface area contributed by atoms with E-state index in [1.807, 2.05) is 0 Å². The maximum atomic E-state index is 13.9. The van der Waals surface area contributed by atoms with Crippen LogP contribution in [-0.4, -0.2) is 21.6 Å². The van der Waals surface area contributed by atoms with Gasteiger partial charge in [-0.05, 0) is 43.0 Å². The van der Waals surface area contributed by atoms with Gasteiger partial charge in [0, 0.05) is 11.9 Å². The highest BCUT2D eigenvalue weighted by molar-refractivity contribution is 6.05. The number of amides is 2. The Hall–Kier alpha value is -3.55. The second-order valence-corrected chi connectivity index (χ2v) is 8.84. The van der Waals surface area contributed by atoms with Crippen LogP contribution in [0.15, 0.2) is 53.3 Å². The minimum absolute atomic E-state index is 0.0678. The molecule has 1 fully saturated rings. The molecule has 1 aliphatic carbocycles. The van der Waals surface area contributed by atoms with Crippen molar-refractivity contribution in [2.75, 3.05) is 0 Å².